The number of anilines is 1. The van der Waals surface area contributed by atoms with Crippen LogP contribution in [0.15, 0.2) is 42.6 Å². The Morgan fingerprint density at radius 2 is 1.67 bits per heavy atom. The summed E-state index contributed by atoms with van der Waals surface area (Å²) in [7, 11) is 0. The van der Waals surface area contributed by atoms with Crippen LogP contribution in [-0.4, -0.2) is 9.38 Å². The lowest BCUT2D eigenvalue weighted by Crippen LogP contribution is -2.10. The van der Waals surface area contributed by atoms with Crippen molar-refractivity contribution in [2.75, 3.05) is 5.73 Å². The third kappa shape index (κ3) is 2.40. The lowest BCUT2D eigenvalue weighted by molar-refractivity contribution is 0.590. The van der Waals surface area contributed by atoms with E-state index in [1.54, 1.807) is 0 Å². The fourth-order valence-electron chi connectivity index (χ4n) is 2.50. The van der Waals surface area contributed by atoms with Crippen LogP contribution in [0.2, 0.25) is 0 Å². The zero-order valence-corrected chi connectivity index (χ0v) is 13.0. The van der Waals surface area contributed by atoms with Gasteiger partial charge in [0.25, 0.3) is 0 Å². The monoisotopic (exact) mass is 279 g/mol. The predicted molar refractivity (Wildman–Crippen MR) is 88.5 cm³/mol. The van der Waals surface area contributed by atoms with Crippen LogP contribution in [0.25, 0.3) is 16.9 Å². The minimum Gasteiger partial charge on any atom is -0.396 e. The number of hydrogen-bond acceptors (Lipinski definition) is 2. The second kappa shape index (κ2) is 4.62. The first-order chi connectivity index (χ1) is 9.86. The lowest BCUT2D eigenvalue weighted by Gasteiger charge is -2.18. The van der Waals surface area contributed by atoms with E-state index < -0.39 is 0 Å². The van der Waals surface area contributed by atoms with Crippen molar-refractivity contribution >= 4 is 11.3 Å². The molecule has 21 heavy (non-hydrogen) atoms. The van der Waals surface area contributed by atoms with Crippen molar-refractivity contribution in [3.8, 4) is 11.3 Å². The number of nitrogens with two attached hydrogens (primary N) is 1. The largest absolute Gasteiger partial charge is 0.396 e. The Bertz CT molecular complexity index is 751. The van der Waals surface area contributed by atoms with Gasteiger partial charge in [0.15, 0.2) is 5.65 Å². The van der Waals surface area contributed by atoms with E-state index in [1.807, 2.05) is 22.7 Å². The first-order valence-electron chi connectivity index (χ1n) is 7.21. The van der Waals surface area contributed by atoms with E-state index in [4.69, 9.17) is 5.73 Å². The minimum atomic E-state index is 0.165. The van der Waals surface area contributed by atoms with Crippen molar-refractivity contribution in [1.29, 1.82) is 0 Å². The number of imidazole rings is 1. The van der Waals surface area contributed by atoms with Crippen LogP contribution in [0.4, 0.5) is 5.69 Å². The average Bonchev–Trinajstić information content (AvgIpc) is 2.89. The summed E-state index contributed by atoms with van der Waals surface area (Å²) in [6, 6.07) is 12.5. The summed E-state index contributed by atoms with van der Waals surface area (Å²) in [5.74, 6) is 0. The van der Waals surface area contributed by atoms with E-state index in [0.717, 1.165) is 22.6 Å². The zero-order valence-electron chi connectivity index (χ0n) is 13.0. The predicted octanol–water partition coefficient (Wildman–Crippen LogP) is 4.19. The number of nitrogens with zero attached hydrogens (tertiary/aromatic N) is 2. The quantitative estimate of drug-likeness (QED) is 0.726. The maximum atomic E-state index is 6.01. The first-order valence-corrected chi connectivity index (χ1v) is 7.21. The van der Waals surface area contributed by atoms with Crippen molar-refractivity contribution in [1.82, 2.24) is 9.38 Å². The van der Waals surface area contributed by atoms with Crippen LogP contribution in [0.1, 0.15) is 32.0 Å². The molecule has 3 aromatic rings. The van der Waals surface area contributed by atoms with Gasteiger partial charge in [0.1, 0.15) is 0 Å². The fourth-order valence-corrected chi connectivity index (χ4v) is 2.50. The highest BCUT2D eigenvalue weighted by molar-refractivity contribution is 5.71. The molecule has 0 aliphatic carbocycles. The van der Waals surface area contributed by atoms with Crippen molar-refractivity contribution in [3.63, 3.8) is 0 Å². The summed E-state index contributed by atoms with van der Waals surface area (Å²) in [5.41, 5.74) is 12.2. The number of aryl methyl sites for hydroxylation is 1. The molecule has 0 saturated heterocycles. The van der Waals surface area contributed by atoms with Crippen molar-refractivity contribution in [2.24, 2.45) is 0 Å². The molecule has 0 bridgehead atoms. The van der Waals surface area contributed by atoms with Crippen LogP contribution in [0.5, 0.6) is 0 Å². The third-order valence-corrected chi connectivity index (χ3v) is 3.89. The summed E-state index contributed by atoms with van der Waals surface area (Å²) in [6.07, 6.45) is 2.05. The molecular formula is C18H21N3. The smallest absolute Gasteiger partial charge is 0.160 e. The molecule has 2 N–H and O–H groups in total. The molecule has 0 spiro atoms. The molecule has 108 valence electrons. The zero-order chi connectivity index (χ0) is 15.2. The standard InChI is InChI=1S/C18H21N3/c1-12-5-10-15(19)17-20-16(11-21(12)17)13-6-8-14(9-7-13)18(2,3)4/h5-11H,19H2,1-4H3. The normalized spacial score (nSPS) is 12.0. The second-order valence-electron chi connectivity index (χ2n) is 6.58. The molecule has 2 heterocycles. The van der Waals surface area contributed by atoms with Gasteiger partial charge in [0.05, 0.1) is 11.4 Å². The van der Waals surface area contributed by atoms with Gasteiger partial charge in [-0.2, -0.15) is 0 Å². The molecule has 2 aromatic heterocycles. The van der Waals surface area contributed by atoms with E-state index in [1.165, 1.54) is 5.56 Å². The SMILES string of the molecule is Cc1ccc(N)c2nc(-c3ccc(C(C)(C)C)cc3)cn12. The molecule has 0 saturated carbocycles. The summed E-state index contributed by atoms with van der Waals surface area (Å²) in [6.45, 7) is 8.71. The number of aromatic nitrogens is 2. The molecule has 3 nitrogen and oxygen atoms in total. The van der Waals surface area contributed by atoms with Crippen LogP contribution in [0, 0.1) is 6.92 Å². The molecule has 0 aliphatic rings. The van der Waals surface area contributed by atoms with Gasteiger partial charge in [0.2, 0.25) is 0 Å². The van der Waals surface area contributed by atoms with Crippen molar-refractivity contribution in [3.05, 3.63) is 53.9 Å². The number of rotatable bonds is 1. The van der Waals surface area contributed by atoms with Crippen LogP contribution in [0.3, 0.4) is 0 Å². The Morgan fingerprint density at radius 3 is 2.24 bits per heavy atom. The molecule has 0 unspecified atom stereocenters. The summed E-state index contributed by atoms with van der Waals surface area (Å²) in [4.78, 5) is 4.67. The maximum Gasteiger partial charge on any atom is 0.160 e. The van der Waals surface area contributed by atoms with E-state index in [0.29, 0.717) is 5.69 Å². The Hall–Kier alpha value is -2.29. The van der Waals surface area contributed by atoms with Crippen LogP contribution >= 0.6 is 0 Å². The fraction of sp³-hybridized carbons (Fsp3) is 0.278. The summed E-state index contributed by atoms with van der Waals surface area (Å²) in [5, 5.41) is 0. The number of pyridine rings is 1. The van der Waals surface area contributed by atoms with Crippen molar-refractivity contribution in [2.45, 2.75) is 33.1 Å². The van der Waals surface area contributed by atoms with Gasteiger partial charge in [-0.15, -0.1) is 0 Å². The molecule has 1 aromatic carbocycles. The Labute approximate surface area is 125 Å². The number of fused-ring (bicyclic) bond motifs is 1. The second-order valence-corrected chi connectivity index (χ2v) is 6.58. The van der Waals surface area contributed by atoms with E-state index in [-0.39, 0.29) is 5.41 Å². The lowest BCUT2D eigenvalue weighted by atomic mass is 9.86. The van der Waals surface area contributed by atoms with Gasteiger partial charge in [-0.05, 0) is 30.0 Å². The van der Waals surface area contributed by atoms with Gasteiger partial charge < -0.3 is 10.1 Å². The van der Waals surface area contributed by atoms with Gasteiger partial charge in [-0.25, -0.2) is 4.98 Å². The molecule has 0 fully saturated rings. The molecule has 0 atom stereocenters. The molecule has 3 heteroatoms. The Morgan fingerprint density at radius 1 is 1.00 bits per heavy atom. The Balaban J connectivity index is 2.09. The Kier molecular flexibility index (Phi) is 3.01. The molecule has 3 rings (SSSR count). The van der Waals surface area contributed by atoms with E-state index in [2.05, 4.69) is 56.9 Å². The average molecular weight is 279 g/mol. The van der Waals surface area contributed by atoms with Gasteiger partial charge >= 0.3 is 0 Å². The molecule has 0 aliphatic heterocycles. The van der Waals surface area contributed by atoms with Gasteiger partial charge in [-0.3, -0.25) is 0 Å². The summed E-state index contributed by atoms with van der Waals surface area (Å²) >= 11 is 0. The highest BCUT2D eigenvalue weighted by atomic mass is 15.0. The number of nitrogen functional groups attached to an aromatic ring is 1. The maximum absolute atomic E-state index is 6.01. The van der Waals surface area contributed by atoms with Gasteiger partial charge in [0, 0.05) is 17.5 Å². The van der Waals surface area contributed by atoms with Crippen molar-refractivity contribution < 1.29 is 0 Å². The first kappa shape index (κ1) is 13.7. The highest BCUT2D eigenvalue weighted by Crippen LogP contribution is 2.27. The van der Waals surface area contributed by atoms with E-state index in [9.17, 15) is 0 Å². The summed E-state index contributed by atoms with van der Waals surface area (Å²) < 4.78 is 2.04. The van der Waals surface area contributed by atoms with Gasteiger partial charge in [-0.1, -0.05) is 45.0 Å². The molecular weight excluding hydrogens is 258 g/mol. The highest BCUT2D eigenvalue weighted by Gasteiger charge is 2.14. The molecule has 0 amide bonds. The van der Waals surface area contributed by atoms with Crippen LogP contribution < -0.4 is 5.73 Å². The number of hydrogen-bond donors (Lipinski definition) is 1. The van der Waals surface area contributed by atoms with E-state index >= 15 is 0 Å². The minimum absolute atomic E-state index is 0.165. The topological polar surface area (TPSA) is 43.3 Å². The third-order valence-electron chi connectivity index (χ3n) is 3.89. The molecule has 0 radical (unpaired) electrons. The number of benzene rings is 1. The van der Waals surface area contributed by atoms with Crippen LogP contribution in [-0.2, 0) is 5.41 Å².